The smallest absolute Gasteiger partial charge is 0.181 e. The third-order valence-electron chi connectivity index (χ3n) is 2.51. The Hall–Kier alpha value is -0.850. The van der Waals surface area contributed by atoms with Crippen molar-refractivity contribution in [1.29, 1.82) is 0 Å². The van der Waals surface area contributed by atoms with Gasteiger partial charge in [-0.15, -0.1) is 0 Å². The number of carbonyl (C=O) groups is 1. The summed E-state index contributed by atoms with van der Waals surface area (Å²) in [5.41, 5.74) is 2.55. The molecule has 0 atom stereocenters. The highest BCUT2D eigenvalue weighted by Crippen LogP contribution is 2.32. The molecule has 1 saturated carbocycles. The number of hydrogen-bond donors (Lipinski definition) is 0. The third kappa shape index (κ3) is 1.15. The zero-order chi connectivity index (χ0) is 7.68. The molecule has 0 amide bonds. The SMILES string of the molecule is O=C1C=CCCC1=C1CCC1. The number of carbonyl (C=O) groups excluding carboxylic acids is 1. The van der Waals surface area contributed by atoms with Gasteiger partial charge in [0, 0.05) is 0 Å². The quantitative estimate of drug-likeness (QED) is 0.482. The molecule has 0 bridgehead atoms. The second-order valence-electron chi connectivity index (χ2n) is 3.24. The van der Waals surface area contributed by atoms with Gasteiger partial charge in [0.05, 0.1) is 0 Å². The van der Waals surface area contributed by atoms with Gasteiger partial charge >= 0.3 is 0 Å². The standard InChI is InChI=1S/C10H12O/c11-10-7-2-1-6-9(10)8-4-3-5-8/h2,7H,1,3-6H2. The molecule has 1 heteroatoms. The average molecular weight is 148 g/mol. The summed E-state index contributed by atoms with van der Waals surface area (Å²) in [5.74, 6) is 0.269. The summed E-state index contributed by atoms with van der Waals surface area (Å²) in [6, 6.07) is 0. The highest BCUT2D eigenvalue weighted by Gasteiger charge is 2.19. The van der Waals surface area contributed by atoms with Gasteiger partial charge in [0.2, 0.25) is 0 Å². The summed E-state index contributed by atoms with van der Waals surface area (Å²) in [5, 5.41) is 0. The summed E-state index contributed by atoms with van der Waals surface area (Å²) in [6.45, 7) is 0. The molecule has 58 valence electrons. The molecule has 0 spiro atoms. The van der Waals surface area contributed by atoms with Crippen molar-refractivity contribution < 1.29 is 4.79 Å². The molecule has 0 aromatic rings. The van der Waals surface area contributed by atoms with Gasteiger partial charge in [-0.05, 0) is 43.8 Å². The predicted molar refractivity (Wildman–Crippen MR) is 44.3 cm³/mol. The first-order valence-corrected chi connectivity index (χ1v) is 4.30. The van der Waals surface area contributed by atoms with Gasteiger partial charge in [-0.1, -0.05) is 11.6 Å². The molecule has 2 rings (SSSR count). The second kappa shape index (κ2) is 2.65. The molecule has 0 heterocycles. The van der Waals surface area contributed by atoms with Gasteiger partial charge in [-0.2, -0.15) is 0 Å². The zero-order valence-electron chi connectivity index (χ0n) is 6.60. The lowest BCUT2D eigenvalue weighted by Gasteiger charge is -2.21. The summed E-state index contributed by atoms with van der Waals surface area (Å²) in [6.07, 6.45) is 9.39. The molecular weight excluding hydrogens is 136 g/mol. The van der Waals surface area contributed by atoms with Crippen molar-refractivity contribution in [1.82, 2.24) is 0 Å². The largest absolute Gasteiger partial charge is 0.290 e. The fourth-order valence-electron chi connectivity index (χ4n) is 1.65. The van der Waals surface area contributed by atoms with Crippen molar-refractivity contribution in [3.05, 3.63) is 23.3 Å². The van der Waals surface area contributed by atoms with Crippen LogP contribution in [0.5, 0.6) is 0 Å². The van der Waals surface area contributed by atoms with E-state index in [0.29, 0.717) is 0 Å². The van der Waals surface area contributed by atoms with Crippen LogP contribution in [-0.2, 0) is 4.79 Å². The Balaban J connectivity index is 2.25. The van der Waals surface area contributed by atoms with Crippen LogP contribution in [0.15, 0.2) is 23.3 Å². The van der Waals surface area contributed by atoms with Crippen molar-refractivity contribution in [2.75, 3.05) is 0 Å². The van der Waals surface area contributed by atoms with Crippen LogP contribution in [0.2, 0.25) is 0 Å². The molecule has 2 aliphatic rings. The average Bonchev–Trinajstić information content (AvgIpc) is 1.90. The topological polar surface area (TPSA) is 17.1 Å². The molecule has 0 unspecified atom stereocenters. The van der Waals surface area contributed by atoms with Crippen LogP contribution in [-0.4, -0.2) is 5.78 Å². The molecule has 1 fully saturated rings. The van der Waals surface area contributed by atoms with E-state index in [0.717, 1.165) is 18.4 Å². The molecule has 1 nitrogen and oxygen atoms in total. The van der Waals surface area contributed by atoms with Crippen LogP contribution >= 0.6 is 0 Å². The Bertz CT molecular complexity index is 240. The Morgan fingerprint density at radius 1 is 1.18 bits per heavy atom. The van der Waals surface area contributed by atoms with Crippen LogP contribution in [0.3, 0.4) is 0 Å². The van der Waals surface area contributed by atoms with E-state index in [4.69, 9.17) is 0 Å². The Kier molecular flexibility index (Phi) is 1.65. The fraction of sp³-hybridized carbons (Fsp3) is 0.500. The number of rotatable bonds is 0. The summed E-state index contributed by atoms with van der Waals surface area (Å²) >= 11 is 0. The zero-order valence-corrected chi connectivity index (χ0v) is 6.60. The van der Waals surface area contributed by atoms with Crippen LogP contribution in [0.25, 0.3) is 0 Å². The van der Waals surface area contributed by atoms with Gasteiger partial charge in [0.15, 0.2) is 5.78 Å². The number of hydrogen-bond acceptors (Lipinski definition) is 1. The highest BCUT2D eigenvalue weighted by atomic mass is 16.1. The first-order chi connectivity index (χ1) is 5.38. The van der Waals surface area contributed by atoms with E-state index < -0.39 is 0 Å². The minimum absolute atomic E-state index is 0.269. The lowest BCUT2D eigenvalue weighted by molar-refractivity contribution is -0.111. The predicted octanol–water partition coefficient (Wildman–Crippen LogP) is 2.39. The fourth-order valence-corrected chi connectivity index (χ4v) is 1.65. The van der Waals surface area contributed by atoms with E-state index in [1.807, 2.05) is 6.08 Å². The number of ketones is 1. The van der Waals surface area contributed by atoms with Gasteiger partial charge in [0.1, 0.15) is 0 Å². The lowest BCUT2D eigenvalue weighted by atomic mass is 9.83. The monoisotopic (exact) mass is 148 g/mol. The first-order valence-electron chi connectivity index (χ1n) is 4.30. The molecule has 0 aromatic heterocycles. The maximum Gasteiger partial charge on any atom is 0.181 e. The second-order valence-corrected chi connectivity index (χ2v) is 3.24. The van der Waals surface area contributed by atoms with Crippen molar-refractivity contribution in [3.63, 3.8) is 0 Å². The Morgan fingerprint density at radius 3 is 2.55 bits per heavy atom. The molecule has 0 N–H and O–H groups in total. The molecule has 0 aliphatic heterocycles. The molecule has 0 aromatic carbocycles. The first kappa shape index (κ1) is 6.84. The van der Waals surface area contributed by atoms with Crippen molar-refractivity contribution in [2.24, 2.45) is 0 Å². The Morgan fingerprint density at radius 2 is 2.00 bits per heavy atom. The van der Waals surface area contributed by atoms with E-state index in [-0.39, 0.29) is 5.78 Å². The van der Waals surface area contributed by atoms with E-state index in [2.05, 4.69) is 0 Å². The van der Waals surface area contributed by atoms with Crippen LogP contribution in [0.4, 0.5) is 0 Å². The maximum atomic E-state index is 11.3. The summed E-state index contributed by atoms with van der Waals surface area (Å²) in [7, 11) is 0. The van der Waals surface area contributed by atoms with E-state index in [9.17, 15) is 4.79 Å². The third-order valence-corrected chi connectivity index (χ3v) is 2.51. The van der Waals surface area contributed by atoms with Gasteiger partial charge in [-0.3, -0.25) is 4.79 Å². The Labute approximate surface area is 66.8 Å². The van der Waals surface area contributed by atoms with Crippen LogP contribution in [0, 0.1) is 0 Å². The maximum absolute atomic E-state index is 11.3. The van der Waals surface area contributed by atoms with E-state index in [1.54, 1.807) is 6.08 Å². The number of allylic oxidation sites excluding steroid dienone is 4. The molecule has 0 radical (unpaired) electrons. The minimum atomic E-state index is 0.269. The normalized spacial score (nSPS) is 23.8. The summed E-state index contributed by atoms with van der Waals surface area (Å²) in [4.78, 5) is 11.3. The van der Waals surface area contributed by atoms with Crippen LogP contribution < -0.4 is 0 Å². The molecular formula is C10H12O. The minimum Gasteiger partial charge on any atom is -0.290 e. The lowest BCUT2D eigenvalue weighted by Crippen LogP contribution is -2.11. The van der Waals surface area contributed by atoms with Gasteiger partial charge < -0.3 is 0 Å². The highest BCUT2D eigenvalue weighted by molar-refractivity contribution is 6.05. The van der Waals surface area contributed by atoms with Crippen molar-refractivity contribution >= 4 is 5.78 Å². The van der Waals surface area contributed by atoms with Crippen LogP contribution in [0.1, 0.15) is 32.1 Å². The summed E-state index contributed by atoms with van der Waals surface area (Å²) < 4.78 is 0. The molecule has 0 saturated heterocycles. The van der Waals surface area contributed by atoms with E-state index >= 15 is 0 Å². The van der Waals surface area contributed by atoms with Gasteiger partial charge in [0.25, 0.3) is 0 Å². The van der Waals surface area contributed by atoms with Gasteiger partial charge in [-0.25, -0.2) is 0 Å². The van der Waals surface area contributed by atoms with Crippen molar-refractivity contribution in [2.45, 2.75) is 32.1 Å². The van der Waals surface area contributed by atoms with E-state index in [1.165, 1.54) is 24.8 Å². The molecule has 2 aliphatic carbocycles. The molecule has 11 heavy (non-hydrogen) atoms. The van der Waals surface area contributed by atoms with Crippen molar-refractivity contribution in [3.8, 4) is 0 Å².